The average Bonchev–Trinajstić information content (AvgIpc) is 1.97. The Kier molecular flexibility index (Phi) is 4.83. The Morgan fingerprint density at radius 1 is 1.64 bits per heavy atom. The Morgan fingerprint density at radius 2 is 2.27 bits per heavy atom. The summed E-state index contributed by atoms with van der Waals surface area (Å²) < 4.78 is 0. The van der Waals surface area contributed by atoms with Crippen LogP contribution in [0.3, 0.4) is 0 Å². The van der Waals surface area contributed by atoms with E-state index in [1.807, 2.05) is 5.43 Å². The fourth-order valence-electron chi connectivity index (χ4n) is 0.310. The standard InChI is InChI=1S/C5H12N4O2/c1-4(2)9-11-3-7-5(10)8-6/h3,6H2,1-2H3,(H2,7,8,10). The van der Waals surface area contributed by atoms with Crippen molar-refractivity contribution >= 4 is 11.7 Å². The van der Waals surface area contributed by atoms with E-state index in [1.54, 1.807) is 13.8 Å². The highest BCUT2D eigenvalue weighted by atomic mass is 16.6. The van der Waals surface area contributed by atoms with E-state index >= 15 is 0 Å². The number of rotatable bonds is 3. The van der Waals surface area contributed by atoms with Crippen LogP contribution in [-0.4, -0.2) is 18.5 Å². The lowest BCUT2D eigenvalue weighted by Crippen LogP contribution is -2.40. The second-order valence-electron chi connectivity index (χ2n) is 1.96. The van der Waals surface area contributed by atoms with Gasteiger partial charge >= 0.3 is 6.03 Å². The van der Waals surface area contributed by atoms with Crippen molar-refractivity contribution in [3.63, 3.8) is 0 Å². The molecule has 0 heterocycles. The molecule has 0 aromatic rings. The van der Waals surface area contributed by atoms with Gasteiger partial charge in [-0.2, -0.15) is 0 Å². The van der Waals surface area contributed by atoms with Gasteiger partial charge in [-0.3, -0.25) is 5.43 Å². The number of amides is 2. The van der Waals surface area contributed by atoms with Crippen LogP contribution < -0.4 is 16.6 Å². The molecule has 0 aliphatic carbocycles. The summed E-state index contributed by atoms with van der Waals surface area (Å²) in [6.07, 6.45) is 0. The van der Waals surface area contributed by atoms with Gasteiger partial charge in [0.2, 0.25) is 0 Å². The third kappa shape index (κ3) is 6.59. The van der Waals surface area contributed by atoms with Crippen molar-refractivity contribution in [2.45, 2.75) is 13.8 Å². The third-order valence-corrected chi connectivity index (χ3v) is 0.675. The highest BCUT2D eigenvalue weighted by Crippen LogP contribution is 1.76. The van der Waals surface area contributed by atoms with E-state index < -0.39 is 6.03 Å². The van der Waals surface area contributed by atoms with Crippen LogP contribution in [0.15, 0.2) is 5.16 Å². The molecule has 0 fully saturated rings. The number of oxime groups is 1. The molecule has 0 aliphatic rings. The quantitative estimate of drug-likeness (QED) is 0.130. The molecule has 6 nitrogen and oxygen atoms in total. The molecule has 2 amide bonds. The van der Waals surface area contributed by atoms with Crippen molar-refractivity contribution in [3.8, 4) is 0 Å². The lowest BCUT2D eigenvalue weighted by atomic mass is 10.5. The molecule has 0 unspecified atom stereocenters. The summed E-state index contributed by atoms with van der Waals surface area (Å²) in [5, 5.41) is 5.85. The minimum absolute atomic E-state index is 0.00815. The van der Waals surface area contributed by atoms with Gasteiger partial charge in [0, 0.05) is 0 Å². The van der Waals surface area contributed by atoms with Gasteiger partial charge in [0.05, 0.1) is 5.71 Å². The first-order valence-corrected chi connectivity index (χ1v) is 3.04. The molecule has 0 rings (SSSR count). The second-order valence-corrected chi connectivity index (χ2v) is 1.96. The molecular weight excluding hydrogens is 148 g/mol. The summed E-state index contributed by atoms with van der Waals surface area (Å²) in [6, 6.07) is -0.506. The number of hydrazine groups is 1. The van der Waals surface area contributed by atoms with E-state index in [0.29, 0.717) is 0 Å². The van der Waals surface area contributed by atoms with Gasteiger partial charge < -0.3 is 10.2 Å². The molecule has 0 saturated carbocycles. The summed E-state index contributed by atoms with van der Waals surface area (Å²) in [5.41, 5.74) is 2.65. The molecule has 64 valence electrons. The topological polar surface area (TPSA) is 88.7 Å². The highest BCUT2D eigenvalue weighted by Gasteiger charge is 1.92. The number of hydrogen-bond donors (Lipinski definition) is 3. The Balaban J connectivity index is 3.28. The lowest BCUT2D eigenvalue weighted by molar-refractivity contribution is 0.128. The fraction of sp³-hybridized carbons (Fsp3) is 0.600. The number of nitrogens with zero attached hydrogens (tertiary/aromatic N) is 1. The van der Waals surface area contributed by atoms with Crippen LogP contribution in [0.4, 0.5) is 4.79 Å². The van der Waals surface area contributed by atoms with Crippen molar-refractivity contribution in [1.29, 1.82) is 0 Å². The molecule has 0 atom stereocenters. The van der Waals surface area contributed by atoms with Crippen molar-refractivity contribution in [2.24, 2.45) is 11.0 Å². The first kappa shape index (κ1) is 9.70. The predicted molar refractivity (Wildman–Crippen MR) is 40.6 cm³/mol. The first-order chi connectivity index (χ1) is 5.16. The van der Waals surface area contributed by atoms with Gasteiger partial charge in [-0.25, -0.2) is 10.6 Å². The van der Waals surface area contributed by atoms with Gasteiger partial charge in [0.25, 0.3) is 0 Å². The number of carbonyl (C=O) groups is 1. The van der Waals surface area contributed by atoms with Crippen LogP contribution >= 0.6 is 0 Å². The van der Waals surface area contributed by atoms with Crippen LogP contribution in [0.2, 0.25) is 0 Å². The number of hydrogen-bond acceptors (Lipinski definition) is 4. The molecule has 0 saturated heterocycles. The molecule has 6 heteroatoms. The van der Waals surface area contributed by atoms with E-state index in [1.165, 1.54) is 0 Å². The maximum atomic E-state index is 10.4. The average molecular weight is 160 g/mol. The summed E-state index contributed by atoms with van der Waals surface area (Å²) in [7, 11) is 0. The number of carbonyl (C=O) groups excluding carboxylic acids is 1. The fourth-order valence-corrected chi connectivity index (χ4v) is 0.310. The van der Waals surface area contributed by atoms with Gasteiger partial charge in [0.1, 0.15) is 0 Å². The molecule has 0 spiro atoms. The van der Waals surface area contributed by atoms with Crippen molar-refractivity contribution in [1.82, 2.24) is 10.7 Å². The molecule has 0 aromatic carbocycles. The number of nitrogens with one attached hydrogen (secondary N) is 2. The largest absolute Gasteiger partial charge is 0.374 e. The summed E-state index contributed by atoms with van der Waals surface area (Å²) in [6.45, 7) is 3.57. The Morgan fingerprint density at radius 3 is 2.73 bits per heavy atom. The van der Waals surface area contributed by atoms with Gasteiger partial charge in [-0.1, -0.05) is 5.16 Å². The zero-order chi connectivity index (χ0) is 8.69. The maximum absolute atomic E-state index is 10.4. The predicted octanol–water partition coefficient (Wildman–Crippen LogP) is -0.471. The molecular formula is C5H12N4O2. The van der Waals surface area contributed by atoms with E-state index in [9.17, 15) is 4.79 Å². The Labute approximate surface area is 64.7 Å². The van der Waals surface area contributed by atoms with E-state index in [2.05, 4.69) is 15.3 Å². The Bertz CT molecular complexity index is 153. The summed E-state index contributed by atoms with van der Waals surface area (Å²) >= 11 is 0. The maximum Gasteiger partial charge on any atom is 0.331 e. The van der Waals surface area contributed by atoms with Gasteiger partial charge in [-0.05, 0) is 13.8 Å². The Hall–Kier alpha value is -1.30. The monoisotopic (exact) mass is 160 g/mol. The second kappa shape index (κ2) is 5.48. The van der Waals surface area contributed by atoms with Crippen LogP contribution in [0.5, 0.6) is 0 Å². The zero-order valence-corrected chi connectivity index (χ0v) is 6.55. The first-order valence-electron chi connectivity index (χ1n) is 3.04. The van der Waals surface area contributed by atoms with E-state index in [0.717, 1.165) is 5.71 Å². The minimum Gasteiger partial charge on any atom is -0.374 e. The molecule has 4 N–H and O–H groups in total. The van der Waals surface area contributed by atoms with E-state index in [-0.39, 0.29) is 6.73 Å². The van der Waals surface area contributed by atoms with Crippen LogP contribution in [0.25, 0.3) is 0 Å². The summed E-state index contributed by atoms with van der Waals surface area (Å²) in [5.74, 6) is 4.76. The van der Waals surface area contributed by atoms with Crippen LogP contribution in [-0.2, 0) is 4.84 Å². The zero-order valence-electron chi connectivity index (χ0n) is 6.55. The lowest BCUT2D eigenvalue weighted by Gasteiger charge is -2.01. The highest BCUT2D eigenvalue weighted by molar-refractivity contribution is 5.78. The SMILES string of the molecule is CC(C)=NOCNC(=O)NN. The van der Waals surface area contributed by atoms with Crippen molar-refractivity contribution in [3.05, 3.63) is 0 Å². The molecule has 0 aliphatic heterocycles. The smallest absolute Gasteiger partial charge is 0.331 e. The van der Waals surface area contributed by atoms with Gasteiger partial charge in [-0.15, -0.1) is 0 Å². The minimum atomic E-state index is -0.506. The molecule has 0 aromatic heterocycles. The molecule has 11 heavy (non-hydrogen) atoms. The number of urea groups is 1. The van der Waals surface area contributed by atoms with E-state index in [4.69, 9.17) is 5.84 Å². The molecule has 0 bridgehead atoms. The number of nitrogens with two attached hydrogens (primary N) is 1. The van der Waals surface area contributed by atoms with Crippen LogP contribution in [0, 0.1) is 0 Å². The van der Waals surface area contributed by atoms with Crippen LogP contribution in [0.1, 0.15) is 13.8 Å². The van der Waals surface area contributed by atoms with Crippen molar-refractivity contribution in [2.75, 3.05) is 6.73 Å². The summed E-state index contributed by atoms with van der Waals surface area (Å²) in [4.78, 5) is 15.0. The third-order valence-electron chi connectivity index (χ3n) is 0.675. The van der Waals surface area contributed by atoms with Gasteiger partial charge in [0.15, 0.2) is 6.73 Å². The van der Waals surface area contributed by atoms with Crippen molar-refractivity contribution < 1.29 is 9.63 Å². The molecule has 0 radical (unpaired) electrons. The normalized spacial score (nSPS) is 8.27.